The van der Waals surface area contributed by atoms with Crippen LogP contribution < -0.4 is 15.8 Å². The highest BCUT2D eigenvalue weighted by molar-refractivity contribution is 5.76. The van der Waals surface area contributed by atoms with Crippen LogP contribution in [0.5, 0.6) is 0 Å². The van der Waals surface area contributed by atoms with Crippen LogP contribution in [0.3, 0.4) is 0 Å². The molecule has 0 atom stereocenters. The standard InChI is InChI=1S/C25H30FN3O/c1-18-9-3-5-12-21(18)25(22-13-6-4-10-19(22)2)27-16-8-7-11-20-14-15-23(26)24(29-20)17-28-30/h3,5,9,12,14-15,17,27,30H,1,4,6-8,10-11,13,16H2,2H3/b25-21+,28-17+. The molecule has 30 heavy (non-hydrogen) atoms. The summed E-state index contributed by atoms with van der Waals surface area (Å²) in [5.74, 6) is -0.486. The minimum atomic E-state index is -0.486. The molecule has 0 spiro atoms. The van der Waals surface area contributed by atoms with Gasteiger partial charge in [0.1, 0.15) is 5.69 Å². The van der Waals surface area contributed by atoms with Gasteiger partial charge in [0, 0.05) is 23.2 Å². The van der Waals surface area contributed by atoms with E-state index in [0.717, 1.165) is 55.8 Å². The van der Waals surface area contributed by atoms with Crippen molar-refractivity contribution in [3.8, 4) is 0 Å². The van der Waals surface area contributed by atoms with E-state index < -0.39 is 5.82 Å². The topological polar surface area (TPSA) is 57.5 Å². The Labute approximate surface area is 177 Å². The van der Waals surface area contributed by atoms with Crippen molar-refractivity contribution >= 4 is 18.5 Å². The number of unbranched alkanes of at least 4 members (excludes halogenated alkanes) is 1. The smallest absolute Gasteiger partial charge is 0.150 e. The lowest BCUT2D eigenvalue weighted by molar-refractivity contribution is 0.321. The minimum Gasteiger partial charge on any atom is -0.411 e. The van der Waals surface area contributed by atoms with Crippen molar-refractivity contribution in [1.29, 1.82) is 0 Å². The van der Waals surface area contributed by atoms with Gasteiger partial charge in [-0.15, -0.1) is 0 Å². The summed E-state index contributed by atoms with van der Waals surface area (Å²) in [7, 11) is 0. The van der Waals surface area contributed by atoms with Crippen LogP contribution in [0, 0.1) is 5.82 Å². The van der Waals surface area contributed by atoms with Gasteiger partial charge in [-0.25, -0.2) is 9.37 Å². The van der Waals surface area contributed by atoms with Gasteiger partial charge in [0.25, 0.3) is 0 Å². The molecule has 0 amide bonds. The first-order valence-corrected chi connectivity index (χ1v) is 10.6. The van der Waals surface area contributed by atoms with E-state index in [1.165, 1.54) is 41.0 Å². The summed E-state index contributed by atoms with van der Waals surface area (Å²) in [5.41, 5.74) is 4.99. The van der Waals surface area contributed by atoms with E-state index in [4.69, 9.17) is 5.21 Å². The summed E-state index contributed by atoms with van der Waals surface area (Å²) in [5, 5.41) is 17.4. The minimum absolute atomic E-state index is 0.0653. The molecule has 2 aromatic rings. The quantitative estimate of drug-likeness (QED) is 0.300. The van der Waals surface area contributed by atoms with Crippen LogP contribution in [0.25, 0.3) is 12.3 Å². The van der Waals surface area contributed by atoms with Crippen molar-refractivity contribution in [3.63, 3.8) is 0 Å². The molecule has 0 saturated carbocycles. The Morgan fingerprint density at radius 1 is 1.20 bits per heavy atom. The molecule has 0 aliphatic heterocycles. The monoisotopic (exact) mass is 407 g/mol. The molecular weight excluding hydrogens is 377 g/mol. The van der Waals surface area contributed by atoms with Gasteiger partial charge >= 0.3 is 0 Å². The third-order valence-electron chi connectivity index (χ3n) is 5.60. The van der Waals surface area contributed by atoms with Crippen molar-refractivity contribution in [2.75, 3.05) is 6.54 Å². The average Bonchev–Trinajstić information content (AvgIpc) is 2.74. The molecule has 0 radical (unpaired) electrons. The first-order chi connectivity index (χ1) is 14.6. The van der Waals surface area contributed by atoms with Crippen LogP contribution in [0.4, 0.5) is 4.39 Å². The van der Waals surface area contributed by atoms with Gasteiger partial charge in [-0.3, -0.25) is 0 Å². The average molecular weight is 408 g/mol. The maximum Gasteiger partial charge on any atom is 0.150 e. The fourth-order valence-corrected chi connectivity index (χ4v) is 3.95. The number of nitrogens with zero attached hydrogens (tertiary/aromatic N) is 2. The molecule has 0 fully saturated rings. The lowest BCUT2D eigenvalue weighted by Gasteiger charge is -2.22. The number of pyridine rings is 1. The molecule has 1 aliphatic rings. The first-order valence-electron chi connectivity index (χ1n) is 10.6. The third-order valence-corrected chi connectivity index (χ3v) is 5.60. The number of benzene rings is 1. The highest BCUT2D eigenvalue weighted by Crippen LogP contribution is 2.28. The van der Waals surface area contributed by atoms with Crippen molar-refractivity contribution in [2.45, 2.75) is 51.9 Å². The maximum absolute atomic E-state index is 13.6. The van der Waals surface area contributed by atoms with Crippen LogP contribution >= 0.6 is 0 Å². The highest BCUT2D eigenvalue weighted by Gasteiger charge is 2.14. The van der Waals surface area contributed by atoms with Crippen molar-refractivity contribution in [2.24, 2.45) is 5.16 Å². The number of oxime groups is 1. The third kappa shape index (κ3) is 5.56. The zero-order chi connectivity index (χ0) is 21.3. The normalized spacial score (nSPS) is 15.5. The Morgan fingerprint density at radius 3 is 2.77 bits per heavy atom. The molecule has 0 bridgehead atoms. The molecule has 2 N–H and O–H groups in total. The van der Waals surface area contributed by atoms with Crippen LogP contribution in [0.2, 0.25) is 0 Å². The van der Waals surface area contributed by atoms with Crippen molar-refractivity contribution < 1.29 is 9.60 Å². The molecule has 4 nitrogen and oxygen atoms in total. The van der Waals surface area contributed by atoms with Crippen LogP contribution in [0.15, 0.2) is 52.7 Å². The molecular formula is C25H30FN3O. The van der Waals surface area contributed by atoms with Gasteiger partial charge in [-0.2, -0.15) is 0 Å². The van der Waals surface area contributed by atoms with Crippen LogP contribution in [0.1, 0.15) is 56.8 Å². The van der Waals surface area contributed by atoms with E-state index >= 15 is 0 Å². The lowest BCUT2D eigenvalue weighted by Crippen LogP contribution is -2.33. The SMILES string of the molecule is C=c1cccc/c1=C(\NCCCCc1ccc(F)c(/C=N/O)n1)C1=C(C)CCCC1. The van der Waals surface area contributed by atoms with E-state index in [1.807, 2.05) is 6.07 Å². The van der Waals surface area contributed by atoms with Crippen LogP contribution in [-0.4, -0.2) is 23.0 Å². The summed E-state index contributed by atoms with van der Waals surface area (Å²) < 4.78 is 13.6. The molecule has 1 heterocycles. The number of aryl methyl sites for hydroxylation is 1. The van der Waals surface area contributed by atoms with Gasteiger partial charge in [0.2, 0.25) is 0 Å². The highest BCUT2D eigenvalue weighted by atomic mass is 19.1. The number of hydrogen-bond donors (Lipinski definition) is 2. The number of allylic oxidation sites excluding steroid dienone is 1. The van der Waals surface area contributed by atoms with Crippen molar-refractivity contribution in [3.05, 3.63) is 75.2 Å². The molecule has 1 aromatic heterocycles. The Kier molecular flexibility index (Phi) is 7.77. The Balaban J connectivity index is 1.67. The van der Waals surface area contributed by atoms with Crippen LogP contribution in [-0.2, 0) is 6.42 Å². The number of halogens is 1. The number of aromatic nitrogens is 1. The predicted octanol–water partition coefficient (Wildman–Crippen LogP) is 4.05. The van der Waals surface area contributed by atoms with Gasteiger partial charge in [0.05, 0.1) is 6.21 Å². The second-order valence-corrected chi connectivity index (χ2v) is 7.80. The molecule has 1 aromatic carbocycles. The molecule has 3 rings (SSSR count). The summed E-state index contributed by atoms with van der Waals surface area (Å²) in [4.78, 5) is 4.21. The van der Waals surface area contributed by atoms with E-state index in [9.17, 15) is 4.39 Å². The fourth-order valence-electron chi connectivity index (χ4n) is 3.95. The van der Waals surface area contributed by atoms with Gasteiger partial charge in [-0.05, 0) is 74.8 Å². The second kappa shape index (κ2) is 10.7. The summed E-state index contributed by atoms with van der Waals surface area (Å²) in [6.07, 6.45) is 8.44. The molecule has 1 aliphatic carbocycles. The summed E-state index contributed by atoms with van der Waals surface area (Å²) in [6, 6.07) is 11.3. The van der Waals surface area contributed by atoms with Gasteiger partial charge < -0.3 is 10.5 Å². The Morgan fingerprint density at radius 2 is 2.00 bits per heavy atom. The van der Waals surface area contributed by atoms with E-state index in [-0.39, 0.29) is 5.69 Å². The summed E-state index contributed by atoms with van der Waals surface area (Å²) >= 11 is 0. The zero-order valence-corrected chi connectivity index (χ0v) is 17.6. The van der Waals surface area contributed by atoms with Crippen molar-refractivity contribution in [1.82, 2.24) is 10.3 Å². The number of rotatable bonds is 8. The molecule has 0 unspecified atom stereocenters. The maximum atomic E-state index is 13.6. The number of nitrogens with one attached hydrogen (secondary N) is 1. The second-order valence-electron chi connectivity index (χ2n) is 7.80. The predicted molar refractivity (Wildman–Crippen MR) is 120 cm³/mol. The largest absolute Gasteiger partial charge is 0.411 e. The lowest BCUT2D eigenvalue weighted by atomic mass is 9.89. The van der Waals surface area contributed by atoms with E-state index in [0.29, 0.717) is 0 Å². The molecule has 158 valence electrons. The van der Waals surface area contributed by atoms with Gasteiger partial charge in [0.15, 0.2) is 5.82 Å². The zero-order valence-electron chi connectivity index (χ0n) is 17.6. The first kappa shape index (κ1) is 21.8. The van der Waals surface area contributed by atoms with E-state index in [1.54, 1.807) is 6.07 Å². The molecule has 0 saturated heterocycles. The Hall–Kier alpha value is -2.95. The van der Waals surface area contributed by atoms with E-state index in [2.05, 4.69) is 47.2 Å². The summed E-state index contributed by atoms with van der Waals surface area (Å²) in [6.45, 7) is 7.32. The van der Waals surface area contributed by atoms with Gasteiger partial charge in [-0.1, -0.05) is 41.6 Å². The number of hydrogen-bond acceptors (Lipinski definition) is 4. The Bertz CT molecular complexity index is 1040. The fraction of sp³-hybridized carbons (Fsp3) is 0.360. The molecule has 5 heteroatoms.